The first kappa shape index (κ1) is 34.3. The topological polar surface area (TPSA) is 105 Å². The summed E-state index contributed by atoms with van der Waals surface area (Å²) in [4.78, 5) is 47.6. The summed E-state index contributed by atoms with van der Waals surface area (Å²) < 4.78 is 112. The molecular weight excluding hydrogens is 544 g/mol. The molecule has 2 fully saturated rings. The monoisotopic (exact) mass is 566 g/mol. The Kier molecular flexibility index (Phi) is 9.88. The van der Waals surface area contributed by atoms with Crippen molar-refractivity contribution in [3.8, 4) is 0 Å². The minimum absolute atomic E-state index is 0. The van der Waals surface area contributed by atoms with Gasteiger partial charge in [-0.25, -0.2) is 23.6 Å². The highest BCUT2D eigenvalue weighted by Crippen LogP contribution is 2.70. The van der Waals surface area contributed by atoms with Crippen molar-refractivity contribution in [1.82, 2.24) is 0 Å². The van der Waals surface area contributed by atoms with Crippen molar-refractivity contribution in [3.05, 3.63) is 50.6 Å². The first-order valence-electron chi connectivity index (χ1n) is 9.92. The summed E-state index contributed by atoms with van der Waals surface area (Å²) in [6, 6.07) is 0. The Bertz CT molecular complexity index is 1020. The van der Waals surface area contributed by atoms with E-state index in [1.54, 1.807) is 0 Å². The highest BCUT2D eigenvalue weighted by molar-refractivity contribution is 5.84. The fourth-order valence-electron chi connectivity index (χ4n) is 4.39. The second kappa shape index (κ2) is 10.9. The molecule has 0 saturated heterocycles. The molecule has 0 aromatic rings. The molecule has 0 N–H and O–H groups in total. The maximum atomic E-state index is 16.1. The molecule has 38 heavy (non-hydrogen) atoms. The SMILES string of the molecule is C=CC(=O)OC1(CF)CC2(OC(=O)C=C)CC(F)(OC(=O)C=C)C(F)(F)C(OC(=O)C=C)(C1)C2(F)F.F.F. The average molecular weight is 566 g/mol. The Hall–Kier alpha value is -3.72. The lowest BCUT2D eigenvalue weighted by atomic mass is 9.55. The maximum absolute atomic E-state index is 16.1. The molecule has 0 radical (unpaired) electrons. The highest BCUT2D eigenvalue weighted by atomic mass is 19.3. The Morgan fingerprint density at radius 2 is 1.05 bits per heavy atom. The number of esters is 4. The summed E-state index contributed by atoms with van der Waals surface area (Å²) in [5.41, 5.74) is -11.6. The summed E-state index contributed by atoms with van der Waals surface area (Å²) in [6.07, 6.45) is -4.89. The van der Waals surface area contributed by atoms with Gasteiger partial charge in [-0.05, 0) is 0 Å². The summed E-state index contributed by atoms with van der Waals surface area (Å²) >= 11 is 0. The van der Waals surface area contributed by atoms with Crippen LogP contribution in [0.5, 0.6) is 0 Å². The zero-order chi connectivity index (χ0) is 27.8. The van der Waals surface area contributed by atoms with Crippen molar-refractivity contribution in [3.63, 3.8) is 0 Å². The van der Waals surface area contributed by atoms with Gasteiger partial charge in [0.1, 0.15) is 12.3 Å². The van der Waals surface area contributed by atoms with E-state index in [9.17, 15) is 23.6 Å². The van der Waals surface area contributed by atoms with Crippen LogP contribution in [0, 0.1) is 0 Å². The van der Waals surface area contributed by atoms with Gasteiger partial charge >= 0.3 is 41.6 Å². The predicted octanol–water partition coefficient (Wildman–Crippen LogP) is 3.53. The van der Waals surface area contributed by atoms with Gasteiger partial charge < -0.3 is 18.9 Å². The summed E-state index contributed by atoms with van der Waals surface area (Å²) in [5.74, 6) is -22.7. The third-order valence-corrected chi connectivity index (χ3v) is 5.81. The van der Waals surface area contributed by atoms with Crippen molar-refractivity contribution in [1.29, 1.82) is 0 Å². The quantitative estimate of drug-likeness (QED) is 0.181. The van der Waals surface area contributed by atoms with E-state index in [1.165, 1.54) is 0 Å². The van der Waals surface area contributed by atoms with Gasteiger partial charge in [-0.2, -0.15) is 22.0 Å². The summed E-state index contributed by atoms with van der Waals surface area (Å²) in [6.45, 7) is 9.81. The van der Waals surface area contributed by atoms with E-state index in [-0.39, 0.29) is 21.6 Å². The van der Waals surface area contributed by atoms with Gasteiger partial charge in [-0.1, -0.05) is 26.3 Å². The molecule has 0 heterocycles. The van der Waals surface area contributed by atoms with E-state index in [2.05, 4.69) is 40.5 Å². The van der Waals surface area contributed by atoms with E-state index in [0.717, 1.165) is 0 Å². The lowest BCUT2D eigenvalue weighted by molar-refractivity contribution is -0.454. The molecule has 16 heteroatoms. The summed E-state index contributed by atoms with van der Waals surface area (Å²) in [7, 11) is 0. The highest BCUT2D eigenvalue weighted by Gasteiger charge is 2.94. The molecule has 0 spiro atoms. The lowest BCUT2D eigenvalue weighted by Crippen LogP contribution is -2.86. The van der Waals surface area contributed by atoms with Crippen LogP contribution in [-0.4, -0.2) is 65.1 Å². The Labute approximate surface area is 209 Å². The number of carbonyl (C=O) groups excluding carboxylic acids is 4. The van der Waals surface area contributed by atoms with Crippen LogP contribution in [0.3, 0.4) is 0 Å². The number of hydrogen-bond acceptors (Lipinski definition) is 8. The van der Waals surface area contributed by atoms with Crippen LogP contribution in [0.25, 0.3) is 0 Å². The van der Waals surface area contributed by atoms with Crippen molar-refractivity contribution in [2.75, 3.05) is 6.67 Å². The molecular formula is C22H22F8O8. The molecule has 8 nitrogen and oxygen atoms in total. The molecule has 0 aliphatic heterocycles. The van der Waals surface area contributed by atoms with Crippen molar-refractivity contribution < 1.29 is 73.9 Å². The lowest BCUT2D eigenvalue weighted by Gasteiger charge is -2.63. The van der Waals surface area contributed by atoms with E-state index in [0.29, 0.717) is 12.2 Å². The van der Waals surface area contributed by atoms with Gasteiger partial charge in [0, 0.05) is 37.1 Å². The summed E-state index contributed by atoms with van der Waals surface area (Å²) in [5, 5.41) is 0. The number of ether oxygens (including phenoxy) is 4. The molecule has 4 unspecified atom stereocenters. The zero-order valence-corrected chi connectivity index (χ0v) is 19.3. The number of carbonyl (C=O) groups is 4. The van der Waals surface area contributed by atoms with Crippen molar-refractivity contribution >= 4 is 23.9 Å². The molecule has 2 aliphatic rings. The average Bonchev–Trinajstić information content (AvgIpc) is 2.80. The largest absolute Gasteiger partial charge is 0.453 e. The molecule has 2 bridgehead atoms. The van der Waals surface area contributed by atoms with Crippen molar-refractivity contribution in [2.24, 2.45) is 0 Å². The van der Waals surface area contributed by atoms with Crippen LogP contribution >= 0.6 is 0 Å². The normalized spacial score (nSPS) is 31.9. The van der Waals surface area contributed by atoms with Crippen LogP contribution in [0.4, 0.5) is 35.8 Å². The van der Waals surface area contributed by atoms with Crippen LogP contribution in [-0.2, 0) is 38.1 Å². The molecule has 214 valence electrons. The van der Waals surface area contributed by atoms with Gasteiger partial charge in [0.25, 0.3) is 5.60 Å². The molecule has 2 aliphatic carbocycles. The second-order valence-corrected chi connectivity index (χ2v) is 8.05. The molecule has 2 rings (SSSR count). The smallest absolute Gasteiger partial charge is 0.361 e. The van der Waals surface area contributed by atoms with Crippen LogP contribution in [0.1, 0.15) is 19.3 Å². The Balaban J connectivity index is 0.00000684. The zero-order valence-electron chi connectivity index (χ0n) is 19.3. The Morgan fingerprint density at radius 1 is 0.632 bits per heavy atom. The Morgan fingerprint density at radius 3 is 1.50 bits per heavy atom. The van der Waals surface area contributed by atoms with Gasteiger partial charge in [-0.15, -0.1) is 0 Å². The van der Waals surface area contributed by atoms with E-state index in [1.807, 2.05) is 0 Å². The minimum atomic E-state index is -5.67. The van der Waals surface area contributed by atoms with E-state index < -0.39 is 84.3 Å². The number of halogens is 8. The predicted molar refractivity (Wildman–Crippen MR) is 112 cm³/mol. The fourth-order valence-corrected chi connectivity index (χ4v) is 4.39. The number of alkyl halides is 6. The third-order valence-electron chi connectivity index (χ3n) is 5.81. The molecule has 0 aromatic heterocycles. The minimum Gasteiger partial charge on any atom is -0.453 e. The van der Waals surface area contributed by atoms with E-state index in [4.69, 9.17) is 4.74 Å². The van der Waals surface area contributed by atoms with Crippen LogP contribution < -0.4 is 0 Å². The number of hydrogen-bond donors (Lipinski definition) is 0. The van der Waals surface area contributed by atoms with Gasteiger partial charge in [0.15, 0.2) is 5.60 Å². The molecule has 2 saturated carbocycles. The molecule has 0 amide bonds. The maximum Gasteiger partial charge on any atom is 0.361 e. The molecule has 4 atom stereocenters. The van der Waals surface area contributed by atoms with Gasteiger partial charge in [0.05, 0.1) is 6.42 Å². The molecule has 0 aromatic carbocycles. The first-order valence-corrected chi connectivity index (χ1v) is 9.92. The second-order valence-electron chi connectivity index (χ2n) is 8.05. The third kappa shape index (κ3) is 4.78. The fraction of sp³-hybridized carbons (Fsp3) is 0.455. The van der Waals surface area contributed by atoms with Crippen LogP contribution in [0.2, 0.25) is 0 Å². The first-order chi connectivity index (χ1) is 16.5. The van der Waals surface area contributed by atoms with E-state index >= 15 is 22.0 Å². The van der Waals surface area contributed by atoms with Crippen LogP contribution in [0.15, 0.2) is 50.6 Å². The number of rotatable bonds is 9. The standard InChI is InChI=1S/C22H20F6O8.2FH/c1-5-13(29)33-17(12-23)9-18(34-14(30)6-2)11-20(24,36-16(32)8-4)22(27,28)19(10-17,21(18,25)26)35-15(31)7-3;;/h5-8H,1-4,9-12H2;2*1H. The van der Waals surface area contributed by atoms with Gasteiger partial charge in [-0.3, -0.25) is 9.41 Å². The van der Waals surface area contributed by atoms with Crippen molar-refractivity contribution in [2.45, 2.75) is 53.8 Å². The number of fused-ring (bicyclic) bond motifs is 2. The van der Waals surface area contributed by atoms with Gasteiger partial charge in [0.2, 0.25) is 0 Å².